The van der Waals surface area contributed by atoms with Crippen LogP contribution in [0.15, 0.2) is 10.2 Å². The first kappa shape index (κ1) is 84.0. The van der Waals surface area contributed by atoms with E-state index in [-0.39, 0.29) is 112 Å². The highest BCUT2D eigenvalue weighted by Crippen LogP contribution is 2.45. The molecular weight excluding hydrogens is 1290 g/mol. The lowest BCUT2D eigenvalue weighted by Crippen LogP contribution is -2.60. The highest BCUT2D eigenvalue weighted by atomic mass is 19.1. The Morgan fingerprint density at radius 3 is 1.33 bits per heavy atom. The minimum absolute atomic E-state index is 0.0477. The number of hydrogen-bond acceptors (Lipinski definition) is 22. The third-order valence-electron chi connectivity index (χ3n) is 22.3. The van der Waals surface area contributed by atoms with Gasteiger partial charge in [0.2, 0.25) is 0 Å². The first-order valence-corrected chi connectivity index (χ1v) is 35.5. The predicted octanol–water partition coefficient (Wildman–Crippen LogP) is 10.7. The average Bonchev–Trinajstić information content (AvgIpc) is 1.68. The molecule has 562 valence electrons. The van der Waals surface area contributed by atoms with Crippen LogP contribution in [0.25, 0.3) is 20.9 Å². The van der Waals surface area contributed by atoms with Crippen LogP contribution in [0.3, 0.4) is 0 Å². The fraction of sp³-hybridized carbons (Fsp3) is 0.886. The van der Waals surface area contributed by atoms with Crippen molar-refractivity contribution in [3.8, 4) is 0 Å². The standard InChI is InChI=1S/C35H58FN5O9.C35H59N5O9/c1-12-27-35(8)26(41(32(45)50-35)16-14-13-15-38-39-37)18-25(42)20(2)19-33(6,46-11)29(23(5)28(43)34(7,36)31(44)48-27)49-30-22(4)24(40(9)10)17-21(3)47-30;1-12-28-35(8)27(40(33(44)49-35)16-14-13-15-37-38-36)18-26(41)20(2)19-34(7,45-11)30(23(5)29(42)24(6)31(43)47-28)48-32-22(4)25(39(9)10)17-21(3)46-32/h20-24,26-27,29-30H,12-19H2,1-11H3;20-25,27-28,30,32H,12-19H2,1-11H3/t20-,21?,22?,23+,24?,26-,27-,29-,30+,33-,34+,35+;20-,21?,22?,23+,24-,25?,27-,28-,30-,32+,34-,35+/m11/s1. The number of ether oxygens (including phenoxy) is 10. The fourth-order valence-corrected chi connectivity index (χ4v) is 15.9. The SMILES string of the molecule is CC[C@H]1OC(=O)[C@@](C)(F)C(=O)[C@H](C)[C@@H](O[C@@H]2OC(C)CC(N(C)C)C2C)[C@](C)(OC)C[C@@H](C)C(=O)C[C@H]2N(CCCCN=[N+]=[N-])C(=O)O[C@]12C.CC[C@H]1OC(=O)[C@H](C)C(=O)[C@H](C)[C@@H](O[C@@H]2OC(C)CC(N(C)C)C2C)[C@](C)(OC)C[C@@H](C)C(=O)C[C@H]2N(CCCCN=[N+]=[N-])C(=O)O[C@]12C. The highest BCUT2D eigenvalue weighted by molar-refractivity contribution is 6.08. The van der Waals surface area contributed by atoms with Gasteiger partial charge in [0, 0.05) is 111 Å². The van der Waals surface area contributed by atoms with Gasteiger partial charge >= 0.3 is 24.1 Å². The van der Waals surface area contributed by atoms with Crippen molar-refractivity contribution in [3.05, 3.63) is 20.9 Å². The maximum Gasteiger partial charge on any atom is 0.410 e. The summed E-state index contributed by atoms with van der Waals surface area (Å²) in [7, 11) is 11.0. The summed E-state index contributed by atoms with van der Waals surface area (Å²) in [6.45, 7) is 28.4. The van der Waals surface area contributed by atoms with Gasteiger partial charge in [0.25, 0.3) is 5.67 Å². The molecule has 6 rings (SSSR count). The molecular formula is C70H117FN10O18. The predicted molar refractivity (Wildman–Crippen MR) is 363 cm³/mol. The van der Waals surface area contributed by atoms with Gasteiger partial charge in [-0.1, -0.05) is 65.6 Å². The molecule has 0 bridgehead atoms. The molecule has 0 aromatic carbocycles. The van der Waals surface area contributed by atoms with Crippen LogP contribution in [0, 0.1) is 41.4 Å². The molecule has 29 heteroatoms. The lowest BCUT2D eigenvalue weighted by Gasteiger charge is -2.47. The molecule has 0 aromatic heterocycles. The lowest BCUT2D eigenvalue weighted by molar-refractivity contribution is -0.281. The second-order valence-electron chi connectivity index (χ2n) is 30.1. The molecule has 6 aliphatic rings. The molecule has 0 aliphatic carbocycles. The van der Waals surface area contributed by atoms with Crippen molar-refractivity contribution >= 4 is 47.3 Å². The third kappa shape index (κ3) is 19.2. The van der Waals surface area contributed by atoms with Gasteiger partial charge in [0.1, 0.15) is 29.7 Å². The maximum absolute atomic E-state index is 16.7. The summed E-state index contributed by atoms with van der Waals surface area (Å²) >= 11 is 0. The summed E-state index contributed by atoms with van der Waals surface area (Å²) in [5, 5.41) is 7.11. The monoisotopic (exact) mass is 1400 g/mol. The first-order valence-electron chi connectivity index (χ1n) is 35.5. The number of methoxy groups -OCH3 is 2. The third-order valence-corrected chi connectivity index (χ3v) is 22.3. The molecule has 0 radical (unpaired) electrons. The number of Topliss-reactive ketones (excluding diaryl/α,β-unsaturated/α-hetero) is 4. The number of azide groups is 2. The summed E-state index contributed by atoms with van der Waals surface area (Å²) in [6.07, 6.45) is -3.16. The number of nitrogens with zero attached hydrogens (tertiary/aromatic N) is 10. The van der Waals surface area contributed by atoms with Crippen molar-refractivity contribution in [3.63, 3.8) is 0 Å². The Balaban J connectivity index is 0.000000357. The van der Waals surface area contributed by atoms with E-state index in [1.807, 2.05) is 62.8 Å². The normalized spacial score (nSPS) is 40.0. The minimum Gasteiger partial charge on any atom is -0.458 e. The summed E-state index contributed by atoms with van der Waals surface area (Å²) in [6, 6.07) is -1.38. The number of esters is 2. The molecule has 2 amide bonds. The van der Waals surface area contributed by atoms with Crippen molar-refractivity contribution < 1.29 is 90.1 Å². The van der Waals surface area contributed by atoms with E-state index in [1.165, 1.54) is 37.9 Å². The first-order chi connectivity index (χ1) is 46.2. The number of halogens is 1. The summed E-state index contributed by atoms with van der Waals surface area (Å²) in [5.41, 5.74) is 8.77. The second-order valence-corrected chi connectivity index (χ2v) is 30.1. The van der Waals surface area contributed by atoms with Crippen LogP contribution in [-0.2, 0) is 76.1 Å². The number of ketones is 4. The topological polar surface area (TPSA) is 339 Å². The molecule has 6 heterocycles. The van der Waals surface area contributed by atoms with Crippen LogP contribution in [0.4, 0.5) is 14.0 Å². The Kier molecular flexibility index (Phi) is 30.2. The molecule has 6 unspecified atom stereocenters. The van der Waals surface area contributed by atoms with E-state index in [2.05, 4.69) is 36.8 Å². The number of hydrogen-bond donors (Lipinski definition) is 0. The van der Waals surface area contributed by atoms with E-state index in [0.29, 0.717) is 25.7 Å². The molecule has 6 saturated heterocycles. The Hall–Kier alpha value is -5.61. The summed E-state index contributed by atoms with van der Waals surface area (Å²) in [5.74, 6) is -8.66. The van der Waals surface area contributed by atoms with Crippen LogP contribution in [0.2, 0.25) is 0 Å². The molecule has 0 N–H and O–H groups in total. The number of amides is 2. The lowest BCUT2D eigenvalue weighted by atomic mass is 9.75. The number of cyclic esters (lactones) is 2. The van der Waals surface area contributed by atoms with E-state index in [1.54, 1.807) is 48.5 Å². The van der Waals surface area contributed by atoms with Crippen LogP contribution in [0.1, 0.15) is 188 Å². The van der Waals surface area contributed by atoms with Crippen LogP contribution in [0.5, 0.6) is 0 Å². The quantitative estimate of drug-likeness (QED) is 0.0208. The molecule has 0 saturated carbocycles. The largest absolute Gasteiger partial charge is 0.458 e. The van der Waals surface area contributed by atoms with Gasteiger partial charge in [-0.15, -0.1) is 0 Å². The zero-order valence-electron chi connectivity index (χ0n) is 63.0. The molecule has 99 heavy (non-hydrogen) atoms. The van der Waals surface area contributed by atoms with Crippen LogP contribution in [-0.4, -0.2) is 237 Å². The Morgan fingerprint density at radius 2 is 0.970 bits per heavy atom. The number of unbranched alkanes of at least 4 members (excludes halogenated alkanes) is 2. The van der Waals surface area contributed by atoms with Crippen molar-refractivity contribution in [2.45, 2.75) is 289 Å². The minimum atomic E-state index is -3.11. The van der Waals surface area contributed by atoms with Crippen LogP contribution < -0.4 is 0 Å². The number of rotatable bonds is 20. The van der Waals surface area contributed by atoms with Crippen molar-refractivity contribution in [1.82, 2.24) is 19.6 Å². The molecule has 6 fully saturated rings. The van der Waals surface area contributed by atoms with Crippen molar-refractivity contribution in [1.29, 1.82) is 0 Å². The molecule has 28 nitrogen and oxygen atoms in total. The zero-order valence-corrected chi connectivity index (χ0v) is 63.0. The molecule has 24 atom stereocenters. The van der Waals surface area contributed by atoms with Crippen molar-refractivity contribution in [2.24, 2.45) is 51.7 Å². The van der Waals surface area contributed by atoms with E-state index in [0.717, 1.165) is 19.8 Å². The van der Waals surface area contributed by atoms with Gasteiger partial charge in [-0.25, -0.2) is 18.8 Å². The zero-order chi connectivity index (χ0) is 74.6. The summed E-state index contributed by atoms with van der Waals surface area (Å²) in [4.78, 5) is 123. The van der Waals surface area contributed by atoms with E-state index in [4.69, 9.17) is 58.4 Å². The average molecular weight is 1410 g/mol. The molecule has 0 spiro atoms. The van der Waals surface area contributed by atoms with Gasteiger partial charge in [0.15, 0.2) is 35.3 Å². The number of alkyl halides is 1. The highest BCUT2D eigenvalue weighted by Gasteiger charge is 2.62. The van der Waals surface area contributed by atoms with Gasteiger partial charge in [0.05, 0.1) is 47.7 Å². The van der Waals surface area contributed by atoms with E-state index in [9.17, 15) is 38.4 Å². The van der Waals surface area contributed by atoms with Gasteiger partial charge in [-0.2, -0.15) is 0 Å². The smallest absolute Gasteiger partial charge is 0.410 e. The number of carbonyl (C=O) groups excluding carboxylic acids is 8. The Bertz CT molecular complexity index is 2920. The van der Waals surface area contributed by atoms with Crippen LogP contribution >= 0.6 is 0 Å². The van der Waals surface area contributed by atoms with Crippen molar-refractivity contribution in [2.75, 3.05) is 68.6 Å². The second kappa shape index (κ2) is 35.5. The van der Waals surface area contributed by atoms with E-state index >= 15 is 4.39 Å². The Morgan fingerprint density at radius 1 is 0.586 bits per heavy atom. The number of fused-ring (bicyclic) bond motifs is 2. The summed E-state index contributed by atoms with van der Waals surface area (Å²) < 4.78 is 78.5. The molecule has 0 aromatic rings. The number of carbonyl (C=O) groups is 8. The van der Waals surface area contributed by atoms with Gasteiger partial charge in [-0.05, 0) is 159 Å². The Labute approximate surface area is 585 Å². The van der Waals surface area contributed by atoms with E-state index < -0.39 is 142 Å². The van der Waals surface area contributed by atoms with Gasteiger partial charge in [-0.3, -0.25) is 24.0 Å². The van der Waals surface area contributed by atoms with Gasteiger partial charge < -0.3 is 67.0 Å². The maximum atomic E-state index is 16.7. The fourth-order valence-electron chi connectivity index (χ4n) is 15.9. The molecule has 6 aliphatic heterocycles.